The van der Waals surface area contributed by atoms with Crippen molar-refractivity contribution in [2.24, 2.45) is 4.99 Å². The molecule has 0 aromatic heterocycles. The molecule has 0 atom stereocenters. The van der Waals surface area contributed by atoms with E-state index in [1.807, 2.05) is 18.2 Å². The van der Waals surface area contributed by atoms with Crippen LogP contribution in [0.25, 0.3) is 0 Å². The van der Waals surface area contributed by atoms with Crippen LogP contribution in [0.3, 0.4) is 0 Å². The first-order valence-electron chi connectivity index (χ1n) is 4.41. The summed E-state index contributed by atoms with van der Waals surface area (Å²) in [4.78, 5) is 8.74. The Morgan fingerprint density at radius 3 is 2.62 bits per heavy atom. The average Bonchev–Trinajstić information content (AvgIpc) is 2.16. The molecule has 0 unspecified atom stereocenters. The van der Waals surface area contributed by atoms with E-state index in [0.29, 0.717) is 0 Å². The van der Waals surface area contributed by atoms with Crippen molar-refractivity contribution in [1.82, 2.24) is 5.48 Å². The van der Waals surface area contributed by atoms with Gasteiger partial charge in [-0.15, -0.1) is 0 Å². The number of nitrogens with one attached hydrogen (secondary N) is 1. The predicted molar refractivity (Wildman–Crippen MR) is 56.7 cm³/mol. The summed E-state index contributed by atoms with van der Waals surface area (Å²) in [6.45, 7) is 2.11. The zero-order valence-electron chi connectivity index (χ0n) is 8.58. The fraction of sp³-hybridized carbons (Fsp3) is 0.500. The second-order valence-electron chi connectivity index (χ2n) is 2.45. The molecule has 1 N–H and O–H groups in total. The van der Waals surface area contributed by atoms with Crippen LogP contribution in [0.2, 0.25) is 0 Å². The topological polar surface area (TPSA) is 33.6 Å². The maximum Gasteiger partial charge on any atom is 0.124 e. The number of aliphatic imine (C=N–C) groups is 1. The largest absolute Gasteiger partial charge is 0.278 e. The van der Waals surface area contributed by atoms with Gasteiger partial charge < -0.3 is 0 Å². The molecule has 0 aliphatic rings. The molecular weight excluding hydrogens is 164 g/mol. The fourth-order valence-corrected chi connectivity index (χ4v) is 0.769. The van der Waals surface area contributed by atoms with Gasteiger partial charge in [0.1, 0.15) is 5.84 Å². The zero-order chi connectivity index (χ0) is 9.94. The number of allylic oxidation sites excluding steroid dienone is 3. The van der Waals surface area contributed by atoms with Crippen LogP contribution in [0.15, 0.2) is 29.3 Å². The predicted octanol–water partition coefficient (Wildman–Crippen LogP) is 2.08. The lowest BCUT2D eigenvalue weighted by atomic mass is 10.3. The van der Waals surface area contributed by atoms with Crippen LogP contribution in [0, 0.1) is 0 Å². The summed E-state index contributed by atoms with van der Waals surface area (Å²) >= 11 is 0. The SMILES string of the molecule is CC/C=C\C=C/CC(=NC)NOC. The maximum atomic E-state index is 4.74. The highest BCUT2D eigenvalue weighted by Gasteiger charge is 1.90. The van der Waals surface area contributed by atoms with Crippen LogP contribution in [-0.2, 0) is 4.84 Å². The van der Waals surface area contributed by atoms with Gasteiger partial charge in [-0.3, -0.25) is 15.3 Å². The molecule has 0 rings (SSSR count). The molecule has 0 saturated heterocycles. The Morgan fingerprint density at radius 2 is 2.08 bits per heavy atom. The van der Waals surface area contributed by atoms with E-state index in [2.05, 4.69) is 23.5 Å². The third kappa shape index (κ3) is 7.28. The van der Waals surface area contributed by atoms with Crippen molar-refractivity contribution in [3.63, 3.8) is 0 Å². The monoisotopic (exact) mass is 182 g/mol. The van der Waals surface area contributed by atoms with E-state index in [9.17, 15) is 0 Å². The van der Waals surface area contributed by atoms with Crippen LogP contribution in [0.4, 0.5) is 0 Å². The highest BCUT2D eigenvalue weighted by Crippen LogP contribution is 1.88. The molecule has 0 aromatic carbocycles. The molecule has 0 radical (unpaired) electrons. The quantitative estimate of drug-likeness (QED) is 0.306. The van der Waals surface area contributed by atoms with Crippen LogP contribution in [0.5, 0.6) is 0 Å². The summed E-state index contributed by atoms with van der Waals surface area (Å²) in [5, 5.41) is 0. The minimum Gasteiger partial charge on any atom is -0.278 e. The number of hydrogen-bond donors (Lipinski definition) is 1. The minimum absolute atomic E-state index is 0.762. The molecule has 13 heavy (non-hydrogen) atoms. The molecule has 0 aliphatic heterocycles. The van der Waals surface area contributed by atoms with E-state index in [-0.39, 0.29) is 0 Å². The normalized spacial score (nSPS) is 13.0. The summed E-state index contributed by atoms with van der Waals surface area (Å²) in [7, 11) is 3.31. The Bertz CT molecular complexity index is 195. The van der Waals surface area contributed by atoms with E-state index in [4.69, 9.17) is 4.84 Å². The average molecular weight is 182 g/mol. The number of nitrogens with zero attached hydrogens (tertiary/aromatic N) is 1. The Morgan fingerprint density at radius 1 is 1.38 bits per heavy atom. The molecule has 0 aliphatic carbocycles. The van der Waals surface area contributed by atoms with Crippen LogP contribution < -0.4 is 5.48 Å². The van der Waals surface area contributed by atoms with E-state index in [1.165, 1.54) is 0 Å². The van der Waals surface area contributed by atoms with Gasteiger partial charge in [0.15, 0.2) is 0 Å². The van der Waals surface area contributed by atoms with Gasteiger partial charge in [-0.05, 0) is 6.42 Å². The van der Waals surface area contributed by atoms with Crippen LogP contribution in [-0.4, -0.2) is 20.0 Å². The first kappa shape index (κ1) is 11.9. The Hall–Kier alpha value is -1.09. The molecule has 74 valence electrons. The first-order chi connectivity index (χ1) is 6.35. The molecule has 0 spiro atoms. The van der Waals surface area contributed by atoms with Crippen LogP contribution in [0.1, 0.15) is 19.8 Å². The van der Waals surface area contributed by atoms with Gasteiger partial charge in [0.25, 0.3) is 0 Å². The highest BCUT2D eigenvalue weighted by atomic mass is 16.6. The summed E-state index contributed by atoms with van der Waals surface area (Å²) in [6.07, 6.45) is 9.99. The summed E-state index contributed by atoms with van der Waals surface area (Å²) in [5.41, 5.74) is 2.70. The van der Waals surface area contributed by atoms with Gasteiger partial charge in [0.2, 0.25) is 0 Å². The Kier molecular flexibility index (Phi) is 8.25. The van der Waals surface area contributed by atoms with Crippen molar-refractivity contribution in [2.75, 3.05) is 14.2 Å². The smallest absolute Gasteiger partial charge is 0.124 e. The zero-order valence-corrected chi connectivity index (χ0v) is 8.58. The van der Waals surface area contributed by atoms with Gasteiger partial charge >= 0.3 is 0 Å². The fourth-order valence-electron chi connectivity index (χ4n) is 0.769. The standard InChI is InChI=1S/C10H18N2O/c1-4-5-6-7-8-9-10(11-2)12-13-3/h5-8H,4,9H2,1-3H3,(H,11,12)/b6-5-,8-7-. The lowest BCUT2D eigenvalue weighted by molar-refractivity contribution is 0.143. The summed E-state index contributed by atoms with van der Waals surface area (Å²) in [5.74, 6) is 0.823. The number of hydrogen-bond acceptors (Lipinski definition) is 2. The molecule has 3 nitrogen and oxygen atoms in total. The van der Waals surface area contributed by atoms with Gasteiger partial charge in [0, 0.05) is 13.5 Å². The molecule has 0 fully saturated rings. The molecule has 0 amide bonds. The summed E-state index contributed by atoms with van der Waals surface area (Å²) in [6, 6.07) is 0. The van der Waals surface area contributed by atoms with Crippen LogP contribution >= 0.6 is 0 Å². The van der Waals surface area contributed by atoms with E-state index < -0.39 is 0 Å². The first-order valence-corrected chi connectivity index (χ1v) is 4.41. The van der Waals surface area contributed by atoms with Gasteiger partial charge in [0.05, 0.1) is 7.11 Å². The van der Waals surface area contributed by atoms with Gasteiger partial charge in [-0.25, -0.2) is 0 Å². The molecule has 0 saturated carbocycles. The third-order valence-corrected chi connectivity index (χ3v) is 1.42. The molecule has 0 bridgehead atoms. The lowest BCUT2D eigenvalue weighted by Gasteiger charge is -2.02. The molecular formula is C10H18N2O. The van der Waals surface area contributed by atoms with Crippen molar-refractivity contribution >= 4 is 5.84 Å². The van der Waals surface area contributed by atoms with Crippen molar-refractivity contribution in [1.29, 1.82) is 0 Å². The van der Waals surface area contributed by atoms with E-state index in [0.717, 1.165) is 18.7 Å². The van der Waals surface area contributed by atoms with Crippen molar-refractivity contribution in [3.8, 4) is 0 Å². The number of amidine groups is 1. The number of hydroxylamine groups is 1. The second kappa shape index (κ2) is 9.00. The molecule has 3 heteroatoms. The summed E-state index contributed by atoms with van der Waals surface area (Å²) < 4.78 is 0. The van der Waals surface area contributed by atoms with E-state index >= 15 is 0 Å². The Labute approximate surface area is 80.2 Å². The van der Waals surface area contributed by atoms with Crippen molar-refractivity contribution in [2.45, 2.75) is 19.8 Å². The minimum atomic E-state index is 0.762. The Balaban J connectivity index is 3.72. The maximum absolute atomic E-state index is 4.74. The number of rotatable bonds is 5. The van der Waals surface area contributed by atoms with E-state index in [1.54, 1.807) is 14.2 Å². The second-order valence-corrected chi connectivity index (χ2v) is 2.45. The van der Waals surface area contributed by atoms with Gasteiger partial charge in [-0.1, -0.05) is 31.2 Å². The third-order valence-electron chi connectivity index (χ3n) is 1.42. The van der Waals surface area contributed by atoms with Gasteiger partial charge in [-0.2, -0.15) is 0 Å². The molecule has 0 heterocycles. The molecule has 0 aromatic rings. The van der Waals surface area contributed by atoms with Crippen molar-refractivity contribution < 1.29 is 4.84 Å². The van der Waals surface area contributed by atoms with Crippen molar-refractivity contribution in [3.05, 3.63) is 24.3 Å². The highest BCUT2D eigenvalue weighted by molar-refractivity contribution is 5.82. The lowest BCUT2D eigenvalue weighted by Crippen LogP contribution is -2.20.